The van der Waals surface area contributed by atoms with Crippen molar-refractivity contribution in [3.05, 3.63) is 47.0 Å². The Labute approximate surface area is 126 Å². The van der Waals surface area contributed by atoms with Crippen LogP contribution in [0, 0.1) is 12.3 Å². The van der Waals surface area contributed by atoms with Crippen LogP contribution in [0.2, 0.25) is 0 Å². The van der Waals surface area contributed by atoms with E-state index in [2.05, 4.69) is 38.1 Å². The van der Waals surface area contributed by atoms with Crippen molar-refractivity contribution in [3.63, 3.8) is 0 Å². The van der Waals surface area contributed by atoms with E-state index in [1.54, 1.807) is 0 Å². The summed E-state index contributed by atoms with van der Waals surface area (Å²) in [6.45, 7) is 4.18. The number of Topliss-reactive ketones (excluding diaryl/α,β-unsaturated/α-hetero) is 1. The van der Waals surface area contributed by atoms with Gasteiger partial charge < -0.3 is 4.74 Å². The first-order valence-corrected chi connectivity index (χ1v) is 7.33. The summed E-state index contributed by atoms with van der Waals surface area (Å²) < 4.78 is 4.70. The molecule has 21 heavy (non-hydrogen) atoms. The van der Waals surface area contributed by atoms with Crippen molar-refractivity contribution < 1.29 is 14.3 Å². The predicted molar refractivity (Wildman–Crippen MR) is 81.9 cm³/mol. The monoisotopic (exact) mass is 286 g/mol. The summed E-state index contributed by atoms with van der Waals surface area (Å²) in [7, 11) is 1.31. The van der Waals surface area contributed by atoms with Gasteiger partial charge in [-0.3, -0.25) is 4.79 Å². The standard InChI is InChI=1S/C18H22O3/c1-13-4-6-14(7-5-13)8-10-18(2)11-9-16(19)15(12-18)17(20)21-3/h4-7,12H,8-11H2,1-3H3. The Balaban J connectivity index is 2.10. The lowest BCUT2D eigenvalue weighted by Gasteiger charge is -2.30. The van der Waals surface area contributed by atoms with Crippen LogP contribution in [0.4, 0.5) is 0 Å². The van der Waals surface area contributed by atoms with E-state index in [9.17, 15) is 9.59 Å². The highest BCUT2D eigenvalue weighted by Gasteiger charge is 2.33. The van der Waals surface area contributed by atoms with E-state index in [-0.39, 0.29) is 16.8 Å². The SMILES string of the molecule is COC(=O)C1=CC(C)(CCc2ccc(C)cc2)CCC1=O. The van der Waals surface area contributed by atoms with Gasteiger partial charge in [0.1, 0.15) is 0 Å². The molecule has 0 saturated carbocycles. The molecule has 0 aromatic heterocycles. The third-order valence-electron chi connectivity index (χ3n) is 4.23. The number of aryl methyl sites for hydroxylation is 2. The van der Waals surface area contributed by atoms with Gasteiger partial charge in [-0.2, -0.15) is 0 Å². The number of hydrogen-bond donors (Lipinski definition) is 0. The number of hydrogen-bond acceptors (Lipinski definition) is 3. The van der Waals surface area contributed by atoms with Gasteiger partial charge in [0.25, 0.3) is 0 Å². The zero-order chi connectivity index (χ0) is 15.5. The van der Waals surface area contributed by atoms with Crippen molar-refractivity contribution in [2.24, 2.45) is 5.41 Å². The van der Waals surface area contributed by atoms with Gasteiger partial charge in [-0.15, -0.1) is 0 Å². The molecule has 1 aromatic carbocycles. The van der Waals surface area contributed by atoms with E-state index < -0.39 is 5.97 Å². The van der Waals surface area contributed by atoms with Crippen molar-refractivity contribution in [2.75, 3.05) is 7.11 Å². The second-order valence-electron chi connectivity index (χ2n) is 6.11. The molecule has 3 nitrogen and oxygen atoms in total. The van der Waals surface area contributed by atoms with Gasteiger partial charge in [-0.25, -0.2) is 4.79 Å². The number of carbonyl (C=O) groups excluding carboxylic acids is 2. The molecular formula is C18H22O3. The summed E-state index contributed by atoms with van der Waals surface area (Å²) in [5.41, 5.74) is 2.63. The molecule has 0 amide bonds. The molecule has 0 spiro atoms. The van der Waals surface area contributed by atoms with Gasteiger partial charge >= 0.3 is 5.97 Å². The Hall–Kier alpha value is -1.90. The molecule has 112 valence electrons. The van der Waals surface area contributed by atoms with E-state index >= 15 is 0 Å². The highest BCUT2D eigenvalue weighted by atomic mass is 16.5. The maximum atomic E-state index is 11.8. The topological polar surface area (TPSA) is 43.4 Å². The molecule has 1 atom stereocenters. The molecule has 1 aliphatic rings. The number of ether oxygens (including phenoxy) is 1. The summed E-state index contributed by atoms with van der Waals surface area (Å²) in [5, 5.41) is 0. The number of benzene rings is 1. The van der Waals surface area contributed by atoms with Gasteiger partial charge in [0.2, 0.25) is 0 Å². The van der Waals surface area contributed by atoms with Gasteiger partial charge in [0.15, 0.2) is 5.78 Å². The number of allylic oxidation sites excluding steroid dienone is 1. The normalized spacial score (nSPS) is 21.9. The predicted octanol–water partition coefficient (Wildman–Crippen LogP) is 3.40. The molecule has 2 rings (SSSR count). The molecule has 3 heteroatoms. The van der Waals surface area contributed by atoms with Crippen molar-refractivity contribution in [2.45, 2.75) is 39.5 Å². The lowest BCUT2D eigenvalue weighted by molar-refractivity contribution is -0.138. The highest BCUT2D eigenvalue weighted by molar-refractivity contribution is 6.17. The molecule has 0 saturated heterocycles. The largest absolute Gasteiger partial charge is 0.465 e. The van der Waals surface area contributed by atoms with Crippen LogP contribution in [0.5, 0.6) is 0 Å². The minimum absolute atomic E-state index is 0.102. The van der Waals surface area contributed by atoms with E-state index in [0.29, 0.717) is 6.42 Å². The first-order valence-electron chi connectivity index (χ1n) is 7.33. The van der Waals surface area contributed by atoms with E-state index in [0.717, 1.165) is 19.3 Å². The fourth-order valence-corrected chi connectivity index (χ4v) is 2.70. The molecule has 0 heterocycles. The van der Waals surface area contributed by atoms with Crippen LogP contribution in [0.1, 0.15) is 37.3 Å². The second-order valence-corrected chi connectivity index (χ2v) is 6.11. The molecule has 1 unspecified atom stereocenters. The Morgan fingerprint density at radius 2 is 1.95 bits per heavy atom. The van der Waals surface area contributed by atoms with Gasteiger partial charge in [0.05, 0.1) is 12.7 Å². The van der Waals surface area contributed by atoms with Crippen molar-refractivity contribution in [3.8, 4) is 0 Å². The minimum atomic E-state index is -0.513. The molecule has 1 aliphatic carbocycles. The Morgan fingerprint density at radius 1 is 1.29 bits per heavy atom. The molecular weight excluding hydrogens is 264 g/mol. The molecule has 0 N–H and O–H groups in total. The summed E-state index contributed by atoms with van der Waals surface area (Å²) >= 11 is 0. The van der Waals surface area contributed by atoms with Crippen molar-refractivity contribution in [1.82, 2.24) is 0 Å². The number of esters is 1. The Morgan fingerprint density at radius 3 is 2.57 bits per heavy atom. The highest BCUT2D eigenvalue weighted by Crippen LogP contribution is 2.36. The van der Waals surface area contributed by atoms with Gasteiger partial charge in [-0.05, 0) is 37.2 Å². The van der Waals surface area contributed by atoms with E-state index in [1.807, 2.05) is 6.08 Å². The van der Waals surface area contributed by atoms with Gasteiger partial charge in [0, 0.05) is 6.42 Å². The van der Waals surface area contributed by atoms with Crippen LogP contribution in [-0.2, 0) is 20.7 Å². The van der Waals surface area contributed by atoms with Crippen LogP contribution in [0.25, 0.3) is 0 Å². The number of rotatable bonds is 4. The smallest absolute Gasteiger partial charge is 0.341 e. The van der Waals surface area contributed by atoms with Crippen LogP contribution in [0.15, 0.2) is 35.9 Å². The maximum absolute atomic E-state index is 11.8. The third-order valence-corrected chi connectivity index (χ3v) is 4.23. The number of carbonyl (C=O) groups is 2. The molecule has 0 aliphatic heterocycles. The number of ketones is 1. The molecule has 1 aromatic rings. The lowest BCUT2D eigenvalue weighted by atomic mass is 9.74. The van der Waals surface area contributed by atoms with E-state index in [4.69, 9.17) is 4.74 Å². The van der Waals surface area contributed by atoms with Crippen LogP contribution < -0.4 is 0 Å². The fourth-order valence-electron chi connectivity index (χ4n) is 2.70. The first kappa shape index (κ1) is 15.5. The zero-order valence-corrected chi connectivity index (χ0v) is 12.9. The molecule has 0 fully saturated rings. The van der Waals surface area contributed by atoms with Gasteiger partial charge in [-0.1, -0.05) is 42.8 Å². The average molecular weight is 286 g/mol. The second kappa shape index (κ2) is 6.25. The van der Waals surface area contributed by atoms with E-state index in [1.165, 1.54) is 18.2 Å². The summed E-state index contributed by atoms with van der Waals surface area (Å²) in [6.07, 6.45) is 4.89. The zero-order valence-electron chi connectivity index (χ0n) is 12.9. The number of methoxy groups -OCH3 is 1. The Kier molecular flexibility index (Phi) is 4.61. The van der Waals surface area contributed by atoms with Crippen molar-refractivity contribution in [1.29, 1.82) is 0 Å². The lowest BCUT2D eigenvalue weighted by Crippen LogP contribution is -2.27. The van der Waals surface area contributed by atoms with Crippen LogP contribution in [-0.4, -0.2) is 18.9 Å². The quantitative estimate of drug-likeness (QED) is 0.629. The fraction of sp³-hybridized carbons (Fsp3) is 0.444. The average Bonchev–Trinajstić information content (AvgIpc) is 2.49. The first-order chi connectivity index (χ1) is 9.93. The summed E-state index contributed by atoms with van der Waals surface area (Å²) in [5.74, 6) is -0.615. The molecule has 0 radical (unpaired) electrons. The van der Waals surface area contributed by atoms with Crippen LogP contribution in [0.3, 0.4) is 0 Å². The summed E-state index contributed by atoms with van der Waals surface area (Å²) in [6, 6.07) is 8.49. The minimum Gasteiger partial charge on any atom is -0.465 e. The maximum Gasteiger partial charge on any atom is 0.341 e. The third kappa shape index (κ3) is 3.81. The Bertz CT molecular complexity index is 569. The van der Waals surface area contributed by atoms with Crippen LogP contribution >= 0.6 is 0 Å². The van der Waals surface area contributed by atoms with Crippen molar-refractivity contribution >= 4 is 11.8 Å². The summed E-state index contributed by atoms with van der Waals surface area (Å²) in [4.78, 5) is 23.5. The molecule has 0 bridgehead atoms.